The number of pyridine rings is 2. The van der Waals surface area contributed by atoms with Crippen LogP contribution in [0.5, 0.6) is 0 Å². The lowest BCUT2D eigenvalue weighted by Gasteiger charge is -2.37. The zero-order chi connectivity index (χ0) is 17.9. The van der Waals surface area contributed by atoms with Crippen LogP contribution in [0.4, 0.5) is 0 Å². The number of hydrogen-bond donors (Lipinski definition) is 2. The highest BCUT2D eigenvalue weighted by atomic mass is 35.5. The molecule has 152 valence electrons. The number of fused-ring (bicyclic) bond motifs is 4. The number of piperidine rings is 1. The maximum Gasteiger partial charge on any atom is 0.263 e. The zero-order valence-electron chi connectivity index (χ0n) is 15.6. The molecule has 0 radical (unpaired) electrons. The van der Waals surface area contributed by atoms with Crippen molar-refractivity contribution in [1.82, 2.24) is 20.2 Å². The SMILES string of the molecule is Cl.Cl.O=C(NCCCc1ccccn1)c1ccc2n(c1=O)C[C@@H]1CNC[C@H]2C1. The summed E-state index contributed by atoms with van der Waals surface area (Å²) in [4.78, 5) is 29.5. The van der Waals surface area contributed by atoms with E-state index in [0.717, 1.165) is 43.7 Å². The molecule has 0 aliphatic carbocycles. The van der Waals surface area contributed by atoms with Crippen molar-refractivity contribution < 1.29 is 4.79 Å². The van der Waals surface area contributed by atoms with Crippen LogP contribution in [-0.4, -0.2) is 35.1 Å². The topological polar surface area (TPSA) is 76.0 Å². The predicted molar refractivity (Wildman–Crippen MR) is 114 cm³/mol. The molecule has 2 bridgehead atoms. The first-order valence-electron chi connectivity index (χ1n) is 9.35. The molecule has 2 aliphatic rings. The maximum absolute atomic E-state index is 12.8. The van der Waals surface area contributed by atoms with Gasteiger partial charge in [-0.15, -0.1) is 24.8 Å². The molecule has 2 aliphatic heterocycles. The van der Waals surface area contributed by atoms with Crippen LogP contribution < -0.4 is 16.2 Å². The van der Waals surface area contributed by atoms with Crippen LogP contribution in [0.15, 0.2) is 41.3 Å². The second-order valence-electron chi connectivity index (χ2n) is 7.23. The van der Waals surface area contributed by atoms with Gasteiger partial charge >= 0.3 is 0 Å². The zero-order valence-corrected chi connectivity index (χ0v) is 17.2. The molecule has 2 N–H and O–H groups in total. The molecule has 0 unspecified atom stereocenters. The number of aromatic nitrogens is 2. The highest BCUT2D eigenvalue weighted by molar-refractivity contribution is 5.93. The fourth-order valence-corrected chi connectivity index (χ4v) is 4.08. The molecule has 4 heterocycles. The van der Waals surface area contributed by atoms with Gasteiger partial charge in [-0.25, -0.2) is 0 Å². The highest BCUT2D eigenvalue weighted by Crippen LogP contribution is 2.31. The minimum Gasteiger partial charge on any atom is -0.352 e. The lowest BCUT2D eigenvalue weighted by Crippen LogP contribution is -2.46. The quantitative estimate of drug-likeness (QED) is 0.720. The van der Waals surface area contributed by atoms with Crippen LogP contribution in [0, 0.1) is 5.92 Å². The van der Waals surface area contributed by atoms with E-state index in [0.29, 0.717) is 24.9 Å². The van der Waals surface area contributed by atoms with Crippen molar-refractivity contribution >= 4 is 30.7 Å². The molecule has 2 aromatic heterocycles. The summed E-state index contributed by atoms with van der Waals surface area (Å²) in [6, 6.07) is 9.47. The van der Waals surface area contributed by atoms with Crippen molar-refractivity contribution in [1.29, 1.82) is 0 Å². The van der Waals surface area contributed by atoms with Crippen molar-refractivity contribution in [3.8, 4) is 0 Å². The average molecular weight is 425 g/mol. The number of amides is 1. The van der Waals surface area contributed by atoms with E-state index in [1.165, 1.54) is 0 Å². The molecule has 8 heteroatoms. The molecular weight excluding hydrogens is 399 g/mol. The van der Waals surface area contributed by atoms with Gasteiger partial charge in [0.2, 0.25) is 0 Å². The van der Waals surface area contributed by atoms with Gasteiger partial charge in [-0.2, -0.15) is 0 Å². The van der Waals surface area contributed by atoms with E-state index < -0.39 is 0 Å². The van der Waals surface area contributed by atoms with Gasteiger partial charge in [-0.1, -0.05) is 6.07 Å². The number of nitrogens with zero attached hydrogens (tertiary/aromatic N) is 2. The van der Waals surface area contributed by atoms with Crippen molar-refractivity contribution in [3.05, 3.63) is 63.8 Å². The molecule has 1 saturated heterocycles. The van der Waals surface area contributed by atoms with Crippen LogP contribution in [0.3, 0.4) is 0 Å². The third-order valence-electron chi connectivity index (χ3n) is 5.37. The average Bonchev–Trinajstić information content (AvgIpc) is 2.67. The molecule has 1 amide bonds. The molecule has 0 spiro atoms. The summed E-state index contributed by atoms with van der Waals surface area (Å²) in [6.45, 7) is 3.10. The van der Waals surface area contributed by atoms with Gasteiger partial charge in [-0.3, -0.25) is 14.6 Å². The Morgan fingerprint density at radius 1 is 1.21 bits per heavy atom. The Labute approximate surface area is 177 Å². The van der Waals surface area contributed by atoms with Gasteiger partial charge in [0.15, 0.2) is 0 Å². The maximum atomic E-state index is 12.8. The minimum absolute atomic E-state index is 0. The molecular formula is C20H26Cl2N4O2. The fourth-order valence-electron chi connectivity index (χ4n) is 4.08. The molecule has 4 rings (SSSR count). The van der Waals surface area contributed by atoms with E-state index in [9.17, 15) is 9.59 Å². The predicted octanol–water partition coefficient (Wildman–Crippen LogP) is 2.16. The number of rotatable bonds is 5. The van der Waals surface area contributed by atoms with E-state index >= 15 is 0 Å². The van der Waals surface area contributed by atoms with Crippen molar-refractivity contribution in [3.63, 3.8) is 0 Å². The van der Waals surface area contributed by atoms with Crippen LogP contribution in [0.2, 0.25) is 0 Å². The summed E-state index contributed by atoms with van der Waals surface area (Å²) in [5, 5.41) is 6.31. The Kier molecular flexibility index (Phi) is 8.04. The molecule has 0 saturated carbocycles. The standard InChI is InChI=1S/C20H24N4O2.2ClH/c25-19(23-9-3-5-16-4-1-2-8-22-16)17-6-7-18-15-10-14(11-21-12-15)13-24(18)20(17)26;;/h1-2,4,6-8,14-15,21H,3,5,9-13H2,(H,23,25);2*1H/t14-,15+;;/m0../s1. The van der Waals surface area contributed by atoms with Crippen molar-refractivity contribution in [2.24, 2.45) is 5.92 Å². The first-order valence-corrected chi connectivity index (χ1v) is 9.35. The second-order valence-corrected chi connectivity index (χ2v) is 7.23. The smallest absolute Gasteiger partial charge is 0.263 e. The molecule has 0 aromatic carbocycles. The molecule has 2 aromatic rings. The van der Waals surface area contributed by atoms with Gasteiger partial charge in [-0.05, 0) is 56.0 Å². The number of nitrogens with one attached hydrogen (secondary N) is 2. The second kappa shape index (κ2) is 10.0. The van der Waals surface area contributed by atoms with Gasteiger partial charge in [0.1, 0.15) is 5.56 Å². The Balaban J connectivity index is 0.00000140. The number of aryl methyl sites for hydroxylation is 1. The fraction of sp³-hybridized carbons (Fsp3) is 0.450. The Hall–Kier alpha value is -1.89. The van der Waals surface area contributed by atoms with Crippen molar-refractivity contribution in [2.45, 2.75) is 31.7 Å². The molecule has 6 nitrogen and oxygen atoms in total. The lowest BCUT2D eigenvalue weighted by atomic mass is 9.84. The first kappa shape index (κ1) is 22.4. The summed E-state index contributed by atoms with van der Waals surface area (Å²) in [7, 11) is 0. The third-order valence-corrected chi connectivity index (χ3v) is 5.37. The summed E-state index contributed by atoms with van der Waals surface area (Å²) in [5.74, 6) is 0.585. The summed E-state index contributed by atoms with van der Waals surface area (Å²) in [5.41, 5.74) is 2.17. The first-order chi connectivity index (χ1) is 12.7. The van der Waals surface area contributed by atoms with E-state index in [4.69, 9.17) is 0 Å². The Morgan fingerprint density at radius 3 is 2.86 bits per heavy atom. The van der Waals surface area contributed by atoms with Gasteiger partial charge in [0.25, 0.3) is 11.5 Å². The monoisotopic (exact) mass is 424 g/mol. The summed E-state index contributed by atoms with van der Waals surface area (Å²) < 4.78 is 1.82. The number of hydrogen-bond acceptors (Lipinski definition) is 4. The van der Waals surface area contributed by atoms with Crippen LogP contribution in [-0.2, 0) is 13.0 Å². The minimum atomic E-state index is -0.278. The van der Waals surface area contributed by atoms with Gasteiger partial charge in [0, 0.05) is 43.1 Å². The summed E-state index contributed by atoms with van der Waals surface area (Å²) in [6.07, 6.45) is 4.50. The summed E-state index contributed by atoms with van der Waals surface area (Å²) >= 11 is 0. The molecule has 1 fully saturated rings. The normalized spacial score (nSPS) is 19.6. The van der Waals surface area contributed by atoms with Gasteiger partial charge in [0.05, 0.1) is 0 Å². The van der Waals surface area contributed by atoms with Crippen LogP contribution in [0.1, 0.15) is 40.5 Å². The molecule has 2 atom stereocenters. The van der Waals surface area contributed by atoms with E-state index in [1.807, 2.05) is 28.8 Å². The van der Waals surface area contributed by atoms with Crippen molar-refractivity contribution in [2.75, 3.05) is 19.6 Å². The van der Waals surface area contributed by atoms with Crippen LogP contribution >= 0.6 is 24.8 Å². The number of carbonyl (C=O) groups is 1. The molecule has 28 heavy (non-hydrogen) atoms. The highest BCUT2D eigenvalue weighted by Gasteiger charge is 2.31. The lowest BCUT2D eigenvalue weighted by molar-refractivity contribution is 0.0950. The third kappa shape index (κ3) is 4.74. The van der Waals surface area contributed by atoms with E-state index in [1.54, 1.807) is 12.3 Å². The van der Waals surface area contributed by atoms with E-state index in [2.05, 4.69) is 15.6 Å². The Morgan fingerprint density at radius 2 is 2.07 bits per heavy atom. The largest absolute Gasteiger partial charge is 0.352 e. The van der Waals surface area contributed by atoms with E-state index in [-0.39, 0.29) is 41.8 Å². The number of halogens is 2. The Bertz CT molecular complexity index is 857. The van der Waals surface area contributed by atoms with Gasteiger partial charge < -0.3 is 15.2 Å². The van der Waals surface area contributed by atoms with Crippen LogP contribution in [0.25, 0.3) is 0 Å². The number of carbonyl (C=O) groups excluding carboxylic acids is 1.